The van der Waals surface area contributed by atoms with Crippen molar-refractivity contribution in [1.29, 1.82) is 0 Å². The Morgan fingerprint density at radius 1 is 1.00 bits per heavy atom. The van der Waals surface area contributed by atoms with Crippen LogP contribution in [0.3, 0.4) is 0 Å². The molecule has 0 aliphatic carbocycles. The minimum absolute atomic E-state index is 0.0173. The molecule has 10 nitrogen and oxygen atoms in total. The second-order valence-corrected chi connectivity index (χ2v) is 12.0. The normalized spacial score (nSPS) is 14.7. The molecule has 1 unspecified atom stereocenters. The summed E-state index contributed by atoms with van der Waals surface area (Å²) in [7, 11) is 0. The first-order valence-electron chi connectivity index (χ1n) is 15.7. The molecule has 1 amide bonds. The number of rotatable bonds is 10. The van der Waals surface area contributed by atoms with E-state index in [1.54, 1.807) is 18.0 Å². The highest BCUT2D eigenvalue weighted by Gasteiger charge is 2.31. The van der Waals surface area contributed by atoms with Crippen molar-refractivity contribution in [3.63, 3.8) is 0 Å². The molecule has 46 heavy (non-hydrogen) atoms. The molecule has 5 aromatic rings. The van der Waals surface area contributed by atoms with Crippen LogP contribution in [0.4, 0.5) is 10.6 Å². The summed E-state index contributed by atoms with van der Waals surface area (Å²) in [4.78, 5) is 31.0. The van der Waals surface area contributed by atoms with Gasteiger partial charge in [0.2, 0.25) is 0 Å². The standard InChI is InChI=1S/C36H39N5O5/c1-4-44-34(42)19-27-7-5-6-8-33(27)45-22-31-30-18-26(25-10-9-24-13-15-38-35(37)29(24)17-25)11-12-32(30)41(39-31)28-14-16-40(20-28)36(43)46-21-23(2)3/h5-13,15,17-18,23,28H,4,14,16,19-22H2,1-3H3,(H2,37,38). The number of nitrogens with zero attached hydrogens (tertiary/aromatic N) is 4. The van der Waals surface area contributed by atoms with Crippen molar-refractivity contribution in [1.82, 2.24) is 19.7 Å². The number of nitrogens with two attached hydrogens (primary N) is 1. The number of nitrogen functional groups attached to an aromatic ring is 1. The van der Waals surface area contributed by atoms with E-state index < -0.39 is 0 Å². The van der Waals surface area contributed by atoms with Crippen LogP contribution in [0.1, 0.15) is 44.5 Å². The van der Waals surface area contributed by atoms with Gasteiger partial charge in [0.25, 0.3) is 0 Å². The van der Waals surface area contributed by atoms with Gasteiger partial charge in [0.05, 0.1) is 31.2 Å². The van der Waals surface area contributed by atoms with Crippen LogP contribution in [0, 0.1) is 5.92 Å². The SMILES string of the molecule is CCOC(=O)Cc1ccccc1OCc1nn(C2CCN(C(=O)OCC(C)C)C2)c2ccc(-c3ccc4ccnc(N)c4c3)cc12. The number of carbonyl (C=O) groups is 2. The molecule has 2 N–H and O–H groups in total. The fourth-order valence-corrected chi connectivity index (χ4v) is 5.88. The van der Waals surface area contributed by atoms with Crippen LogP contribution in [0.15, 0.2) is 72.9 Å². The van der Waals surface area contributed by atoms with Gasteiger partial charge in [-0.1, -0.05) is 50.2 Å². The molecule has 238 valence electrons. The number of para-hydroxylation sites is 1. The summed E-state index contributed by atoms with van der Waals surface area (Å²) in [5.74, 6) is 1.06. The molecule has 0 saturated carbocycles. The second kappa shape index (κ2) is 13.5. The fourth-order valence-electron chi connectivity index (χ4n) is 5.88. The summed E-state index contributed by atoms with van der Waals surface area (Å²) in [5, 5.41) is 7.93. The van der Waals surface area contributed by atoms with Gasteiger partial charge in [-0.05, 0) is 66.1 Å². The molecular formula is C36H39N5O5. The Labute approximate surface area is 268 Å². The molecule has 6 rings (SSSR count). The maximum atomic E-state index is 12.7. The minimum Gasteiger partial charge on any atom is -0.487 e. The van der Waals surface area contributed by atoms with Gasteiger partial charge in [0.1, 0.15) is 23.9 Å². The number of ether oxygens (including phenoxy) is 3. The molecule has 1 saturated heterocycles. The molecule has 0 bridgehead atoms. The Bertz CT molecular complexity index is 1880. The zero-order valence-electron chi connectivity index (χ0n) is 26.4. The Hall–Kier alpha value is -5.12. The van der Waals surface area contributed by atoms with Crippen molar-refractivity contribution < 1.29 is 23.8 Å². The molecule has 1 aliphatic heterocycles. The number of pyridine rings is 1. The van der Waals surface area contributed by atoms with Crippen molar-refractivity contribution >= 4 is 39.6 Å². The molecule has 1 aliphatic rings. The Balaban J connectivity index is 1.33. The fraction of sp³-hybridized carbons (Fsp3) is 0.333. The highest BCUT2D eigenvalue weighted by atomic mass is 16.6. The van der Waals surface area contributed by atoms with Crippen LogP contribution < -0.4 is 10.5 Å². The van der Waals surface area contributed by atoms with Crippen molar-refractivity contribution in [2.45, 2.75) is 46.3 Å². The highest BCUT2D eigenvalue weighted by molar-refractivity contribution is 5.95. The maximum absolute atomic E-state index is 12.7. The summed E-state index contributed by atoms with van der Waals surface area (Å²) in [6.07, 6.45) is 2.30. The van der Waals surface area contributed by atoms with Gasteiger partial charge in [0.15, 0.2) is 0 Å². The van der Waals surface area contributed by atoms with Crippen molar-refractivity contribution in [3.05, 3.63) is 84.2 Å². The zero-order valence-corrected chi connectivity index (χ0v) is 26.4. The third kappa shape index (κ3) is 6.61. The van der Waals surface area contributed by atoms with E-state index in [1.165, 1.54) is 0 Å². The molecule has 3 aromatic carbocycles. The first kappa shape index (κ1) is 30.9. The van der Waals surface area contributed by atoms with Gasteiger partial charge in [-0.15, -0.1) is 0 Å². The van der Waals surface area contributed by atoms with E-state index in [2.05, 4.69) is 35.3 Å². The minimum atomic E-state index is -0.304. The second-order valence-electron chi connectivity index (χ2n) is 12.0. The number of likely N-dealkylation sites (tertiary alicyclic amines) is 1. The molecule has 2 aromatic heterocycles. The summed E-state index contributed by atoms with van der Waals surface area (Å²) in [6.45, 7) is 7.84. The zero-order chi connectivity index (χ0) is 32.2. The van der Waals surface area contributed by atoms with E-state index in [0.29, 0.717) is 37.9 Å². The predicted octanol–water partition coefficient (Wildman–Crippen LogP) is 6.56. The van der Waals surface area contributed by atoms with Gasteiger partial charge in [-0.2, -0.15) is 5.10 Å². The van der Waals surface area contributed by atoms with E-state index in [4.69, 9.17) is 25.0 Å². The van der Waals surface area contributed by atoms with Gasteiger partial charge < -0.3 is 24.8 Å². The topological polar surface area (TPSA) is 122 Å². The first-order chi connectivity index (χ1) is 22.3. The number of hydrogen-bond acceptors (Lipinski definition) is 8. The first-order valence-corrected chi connectivity index (χ1v) is 15.7. The van der Waals surface area contributed by atoms with Crippen LogP contribution in [-0.2, 0) is 27.3 Å². The van der Waals surface area contributed by atoms with Crippen molar-refractivity contribution in [3.8, 4) is 16.9 Å². The lowest BCUT2D eigenvalue weighted by Crippen LogP contribution is -2.30. The number of carbonyl (C=O) groups excluding carboxylic acids is 2. The molecule has 0 radical (unpaired) electrons. The number of aromatic nitrogens is 3. The molecule has 10 heteroatoms. The Morgan fingerprint density at radius 3 is 2.59 bits per heavy atom. The average molecular weight is 622 g/mol. The van der Waals surface area contributed by atoms with E-state index in [-0.39, 0.29) is 37.0 Å². The van der Waals surface area contributed by atoms with E-state index in [9.17, 15) is 9.59 Å². The van der Waals surface area contributed by atoms with Crippen LogP contribution in [0.5, 0.6) is 5.75 Å². The predicted molar refractivity (Wildman–Crippen MR) is 177 cm³/mol. The summed E-state index contributed by atoms with van der Waals surface area (Å²) < 4.78 is 19.0. The van der Waals surface area contributed by atoms with E-state index in [0.717, 1.165) is 50.5 Å². The van der Waals surface area contributed by atoms with E-state index in [1.807, 2.05) is 54.9 Å². The van der Waals surface area contributed by atoms with Crippen LogP contribution >= 0.6 is 0 Å². The summed E-state index contributed by atoms with van der Waals surface area (Å²) >= 11 is 0. The summed E-state index contributed by atoms with van der Waals surface area (Å²) in [5.41, 5.74) is 10.7. The number of anilines is 1. The van der Waals surface area contributed by atoms with Crippen molar-refractivity contribution in [2.75, 3.05) is 32.0 Å². The number of hydrogen-bond donors (Lipinski definition) is 1. The number of esters is 1. The lowest BCUT2D eigenvalue weighted by Gasteiger charge is -2.17. The molecule has 0 spiro atoms. The largest absolute Gasteiger partial charge is 0.487 e. The lowest BCUT2D eigenvalue weighted by atomic mass is 10.00. The number of fused-ring (bicyclic) bond motifs is 2. The monoisotopic (exact) mass is 621 g/mol. The maximum Gasteiger partial charge on any atom is 0.409 e. The third-order valence-corrected chi connectivity index (χ3v) is 8.20. The smallest absolute Gasteiger partial charge is 0.409 e. The number of amides is 1. The molecule has 3 heterocycles. The molecule has 1 fully saturated rings. The van der Waals surface area contributed by atoms with Crippen LogP contribution in [0.2, 0.25) is 0 Å². The van der Waals surface area contributed by atoms with Gasteiger partial charge in [-0.25, -0.2) is 9.78 Å². The number of benzene rings is 3. The average Bonchev–Trinajstić information content (AvgIpc) is 3.68. The van der Waals surface area contributed by atoms with Crippen molar-refractivity contribution in [2.24, 2.45) is 5.92 Å². The lowest BCUT2D eigenvalue weighted by molar-refractivity contribution is -0.142. The Kier molecular flexibility index (Phi) is 9.05. The quantitative estimate of drug-likeness (QED) is 0.174. The Morgan fingerprint density at radius 2 is 1.78 bits per heavy atom. The highest BCUT2D eigenvalue weighted by Crippen LogP contribution is 2.34. The third-order valence-electron chi connectivity index (χ3n) is 8.20. The van der Waals surface area contributed by atoms with Crippen LogP contribution in [-0.4, -0.2) is 58.0 Å². The van der Waals surface area contributed by atoms with Crippen LogP contribution in [0.25, 0.3) is 32.8 Å². The molecule has 1 atom stereocenters. The van der Waals surface area contributed by atoms with Gasteiger partial charge >= 0.3 is 12.1 Å². The van der Waals surface area contributed by atoms with E-state index >= 15 is 0 Å². The summed E-state index contributed by atoms with van der Waals surface area (Å²) in [6, 6.07) is 21.9. The van der Waals surface area contributed by atoms with Gasteiger partial charge in [0, 0.05) is 35.6 Å². The van der Waals surface area contributed by atoms with Gasteiger partial charge in [-0.3, -0.25) is 9.48 Å². The molecular weight excluding hydrogens is 582 g/mol.